The van der Waals surface area contributed by atoms with Crippen LogP contribution in [0.3, 0.4) is 0 Å². The lowest BCUT2D eigenvalue weighted by Gasteiger charge is -2.32. The average Bonchev–Trinajstić information content (AvgIpc) is 3.38. The summed E-state index contributed by atoms with van der Waals surface area (Å²) in [7, 11) is 0. The second-order valence-corrected chi connectivity index (χ2v) is 8.06. The Morgan fingerprint density at radius 2 is 1.86 bits per heavy atom. The molecule has 2 aliphatic rings. The molecule has 0 radical (unpaired) electrons. The summed E-state index contributed by atoms with van der Waals surface area (Å²) in [6, 6.07) is 9.45. The molecule has 4 rings (SSSR count). The Bertz CT molecular complexity index is 848. The van der Waals surface area contributed by atoms with Crippen LogP contribution in [0.4, 0.5) is 10.8 Å². The van der Waals surface area contributed by atoms with Crippen molar-refractivity contribution in [3.05, 3.63) is 41.9 Å². The molecule has 1 unspecified atom stereocenters. The molecule has 3 amide bonds. The van der Waals surface area contributed by atoms with Crippen molar-refractivity contribution in [2.24, 2.45) is 11.8 Å². The van der Waals surface area contributed by atoms with Crippen molar-refractivity contribution in [2.45, 2.75) is 19.3 Å². The van der Waals surface area contributed by atoms with E-state index >= 15 is 0 Å². The SMILES string of the molecule is O=C(Nc1nccs1)C1CCN(C(=O)C2CC(=O)N(c3ccccc3)C2)CC1. The highest BCUT2D eigenvalue weighted by molar-refractivity contribution is 7.13. The van der Waals surface area contributed by atoms with Gasteiger partial charge in [-0.2, -0.15) is 0 Å². The monoisotopic (exact) mass is 398 g/mol. The van der Waals surface area contributed by atoms with E-state index in [0.717, 1.165) is 5.69 Å². The third-order valence-electron chi connectivity index (χ3n) is 5.38. The number of nitrogens with zero attached hydrogens (tertiary/aromatic N) is 3. The molecule has 0 bridgehead atoms. The van der Waals surface area contributed by atoms with Gasteiger partial charge in [-0.1, -0.05) is 18.2 Å². The number of piperidine rings is 1. The molecule has 28 heavy (non-hydrogen) atoms. The molecule has 0 aliphatic carbocycles. The normalized spacial score (nSPS) is 20.4. The molecule has 2 aromatic rings. The first kappa shape index (κ1) is 18.6. The van der Waals surface area contributed by atoms with Crippen LogP contribution in [-0.4, -0.2) is 47.2 Å². The molecule has 2 saturated heterocycles. The van der Waals surface area contributed by atoms with Crippen LogP contribution in [0.25, 0.3) is 0 Å². The maximum Gasteiger partial charge on any atom is 0.229 e. The second-order valence-electron chi connectivity index (χ2n) is 7.17. The highest BCUT2D eigenvalue weighted by atomic mass is 32.1. The number of aromatic nitrogens is 1. The number of thiazole rings is 1. The van der Waals surface area contributed by atoms with E-state index in [0.29, 0.717) is 37.6 Å². The first-order chi connectivity index (χ1) is 13.6. The highest BCUT2D eigenvalue weighted by Crippen LogP contribution is 2.28. The van der Waals surface area contributed by atoms with E-state index in [1.54, 1.807) is 16.0 Å². The Kier molecular flexibility index (Phi) is 5.38. The lowest BCUT2D eigenvalue weighted by molar-refractivity contribution is -0.138. The molecule has 7 nitrogen and oxygen atoms in total. The van der Waals surface area contributed by atoms with Crippen molar-refractivity contribution in [3.8, 4) is 0 Å². The van der Waals surface area contributed by atoms with E-state index in [-0.39, 0.29) is 36.0 Å². The summed E-state index contributed by atoms with van der Waals surface area (Å²) >= 11 is 1.39. The van der Waals surface area contributed by atoms with Gasteiger partial charge in [0.05, 0.1) is 5.92 Å². The van der Waals surface area contributed by atoms with Crippen LogP contribution in [0.2, 0.25) is 0 Å². The zero-order chi connectivity index (χ0) is 19.5. The number of para-hydroxylation sites is 1. The first-order valence-electron chi connectivity index (χ1n) is 9.46. The number of likely N-dealkylation sites (tertiary alicyclic amines) is 1. The summed E-state index contributed by atoms with van der Waals surface area (Å²) in [5.74, 6) is -0.450. The van der Waals surface area contributed by atoms with Gasteiger partial charge in [0.1, 0.15) is 0 Å². The van der Waals surface area contributed by atoms with Crippen molar-refractivity contribution >= 4 is 39.9 Å². The minimum absolute atomic E-state index is 0.0118. The fraction of sp³-hybridized carbons (Fsp3) is 0.400. The number of hydrogen-bond donors (Lipinski definition) is 1. The molecule has 1 aromatic carbocycles. The summed E-state index contributed by atoms with van der Waals surface area (Å²) in [6.45, 7) is 1.52. The van der Waals surface area contributed by atoms with Gasteiger partial charge in [-0.25, -0.2) is 4.98 Å². The Morgan fingerprint density at radius 1 is 1.11 bits per heavy atom. The van der Waals surface area contributed by atoms with Crippen LogP contribution < -0.4 is 10.2 Å². The van der Waals surface area contributed by atoms with Crippen LogP contribution in [0.5, 0.6) is 0 Å². The van der Waals surface area contributed by atoms with Gasteiger partial charge in [-0.05, 0) is 25.0 Å². The van der Waals surface area contributed by atoms with Crippen molar-refractivity contribution in [1.82, 2.24) is 9.88 Å². The lowest BCUT2D eigenvalue weighted by atomic mass is 9.94. The number of carbonyl (C=O) groups excluding carboxylic acids is 3. The Balaban J connectivity index is 1.31. The quantitative estimate of drug-likeness (QED) is 0.857. The maximum absolute atomic E-state index is 12.9. The molecule has 1 atom stereocenters. The van der Waals surface area contributed by atoms with Crippen LogP contribution in [0.1, 0.15) is 19.3 Å². The van der Waals surface area contributed by atoms with E-state index in [9.17, 15) is 14.4 Å². The van der Waals surface area contributed by atoms with Gasteiger partial charge in [0.15, 0.2) is 5.13 Å². The van der Waals surface area contributed by atoms with Crippen LogP contribution in [-0.2, 0) is 14.4 Å². The number of nitrogens with one attached hydrogen (secondary N) is 1. The lowest BCUT2D eigenvalue weighted by Crippen LogP contribution is -2.44. The number of benzene rings is 1. The summed E-state index contributed by atoms with van der Waals surface area (Å²) < 4.78 is 0. The number of hydrogen-bond acceptors (Lipinski definition) is 5. The van der Waals surface area contributed by atoms with Gasteiger partial charge in [0.25, 0.3) is 0 Å². The highest BCUT2D eigenvalue weighted by Gasteiger charge is 2.38. The van der Waals surface area contributed by atoms with Gasteiger partial charge in [-0.3, -0.25) is 14.4 Å². The molecule has 2 aliphatic heterocycles. The smallest absolute Gasteiger partial charge is 0.229 e. The molecule has 2 fully saturated rings. The molecule has 0 spiro atoms. The molecule has 8 heteroatoms. The summed E-state index contributed by atoms with van der Waals surface area (Å²) in [5, 5.41) is 5.26. The van der Waals surface area contributed by atoms with E-state index in [2.05, 4.69) is 10.3 Å². The topological polar surface area (TPSA) is 82.6 Å². The van der Waals surface area contributed by atoms with Gasteiger partial charge < -0.3 is 15.1 Å². The largest absolute Gasteiger partial charge is 0.342 e. The predicted octanol–water partition coefficient (Wildman–Crippen LogP) is 2.37. The summed E-state index contributed by atoms with van der Waals surface area (Å²) in [5.41, 5.74) is 0.834. The first-order valence-corrected chi connectivity index (χ1v) is 10.3. The second kappa shape index (κ2) is 8.10. The number of rotatable bonds is 4. The third-order valence-corrected chi connectivity index (χ3v) is 6.07. The average molecular weight is 398 g/mol. The molecule has 0 saturated carbocycles. The molecular formula is C20H22N4O3S. The van der Waals surface area contributed by atoms with Crippen LogP contribution >= 0.6 is 11.3 Å². The Morgan fingerprint density at radius 3 is 2.54 bits per heavy atom. The van der Waals surface area contributed by atoms with E-state index in [1.807, 2.05) is 35.7 Å². The van der Waals surface area contributed by atoms with Crippen molar-refractivity contribution in [1.29, 1.82) is 0 Å². The molecule has 1 aromatic heterocycles. The predicted molar refractivity (Wildman–Crippen MR) is 107 cm³/mol. The van der Waals surface area contributed by atoms with Gasteiger partial charge in [0.2, 0.25) is 17.7 Å². The number of amides is 3. The number of anilines is 2. The third kappa shape index (κ3) is 3.91. The zero-order valence-electron chi connectivity index (χ0n) is 15.4. The maximum atomic E-state index is 12.9. The fourth-order valence-electron chi connectivity index (χ4n) is 3.84. The zero-order valence-corrected chi connectivity index (χ0v) is 16.2. The van der Waals surface area contributed by atoms with E-state index < -0.39 is 0 Å². The minimum Gasteiger partial charge on any atom is -0.342 e. The standard InChI is InChI=1S/C20H22N4O3S/c25-17-12-15(13-24(17)16-4-2-1-3-5-16)19(27)23-9-6-14(7-10-23)18(26)22-20-21-8-11-28-20/h1-5,8,11,14-15H,6-7,9-10,12-13H2,(H,21,22,26). The number of carbonyl (C=O) groups is 3. The molecule has 1 N–H and O–H groups in total. The van der Waals surface area contributed by atoms with Crippen LogP contribution in [0.15, 0.2) is 41.9 Å². The fourth-order valence-corrected chi connectivity index (χ4v) is 4.38. The summed E-state index contributed by atoms with van der Waals surface area (Å²) in [6.07, 6.45) is 3.17. The Labute approximate surface area is 167 Å². The summed E-state index contributed by atoms with van der Waals surface area (Å²) in [4.78, 5) is 45.2. The Hall–Kier alpha value is -2.74. The van der Waals surface area contributed by atoms with Crippen molar-refractivity contribution in [3.63, 3.8) is 0 Å². The van der Waals surface area contributed by atoms with E-state index in [1.165, 1.54) is 11.3 Å². The van der Waals surface area contributed by atoms with Crippen LogP contribution in [0, 0.1) is 11.8 Å². The van der Waals surface area contributed by atoms with Gasteiger partial charge in [-0.15, -0.1) is 11.3 Å². The molecule has 3 heterocycles. The molecular weight excluding hydrogens is 376 g/mol. The minimum atomic E-state index is -0.312. The van der Waals surface area contributed by atoms with Crippen molar-refractivity contribution < 1.29 is 14.4 Å². The molecule has 146 valence electrons. The van der Waals surface area contributed by atoms with Crippen molar-refractivity contribution in [2.75, 3.05) is 29.9 Å². The van der Waals surface area contributed by atoms with Gasteiger partial charge >= 0.3 is 0 Å². The van der Waals surface area contributed by atoms with E-state index in [4.69, 9.17) is 0 Å². The van der Waals surface area contributed by atoms with Gasteiger partial charge in [0, 0.05) is 49.2 Å².